The summed E-state index contributed by atoms with van der Waals surface area (Å²) in [6.07, 6.45) is -4.70. The number of benzene rings is 8. The summed E-state index contributed by atoms with van der Waals surface area (Å²) < 4.78 is 48.5. The first-order valence-corrected chi connectivity index (χ1v) is 20.4. The van der Waals surface area contributed by atoms with Crippen LogP contribution in [0.2, 0.25) is 0 Å². The second kappa shape index (κ2) is 14.4. The van der Waals surface area contributed by atoms with Gasteiger partial charge in [-0.3, -0.25) is 0 Å². The number of alkyl halides is 3. The molecule has 2 heterocycles. The van der Waals surface area contributed by atoms with Crippen LogP contribution in [0.25, 0.3) is 88.4 Å². The lowest BCUT2D eigenvalue weighted by molar-refractivity contribution is -0.137. The standard InChI is InChI=1S/C55H37F3N4/c1-32-13-19-41(34(3)23-32)37-16-21-45-43-9-5-7-11-48(43)61(50(45)27-37)52-25-36(30-59)26-53(54(52)47-29-40(55(56,57)58)18-15-39(47)31-60)62-49-12-8-6-10-44(49)46-22-17-38(28-51(46)62)42-20-14-33(2)24-35(42)4/h5-29H,1-4H3. The van der Waals surface area contributed by atoms with Gasteiger partial charge in [-0.2, -0.15) is 23.7 Å². The van der Waals surface area contributed by atoms with E-state index < -0.39 is 11.7 Å². The van der Waals surface area contributed by atoms with E-state index in [2.05, 4.69) is 113 Å². The molecule has 0 spiro atoms. The number of fused-ring (bicyclic) bond motifs is 6. The summed E-state index contributed by atoms with van der Waals surface area (Å²) in [5.41, 5.74) is 12.7. The molecule has 0 aliphatic rings. The molecule has 10 rings (SSSR count). The fraction of sp³-hybridized carbons (Fsp3) is 0.0909. The normalized spacial score (nSPS) is 11.8. The van der Waals surface area contributed by atoms with Crippen molar-refractivity contribution in [2.75, 3.05) is 0 Å². The number of aromatic nitrogens is 2. The van der Waals surface area contributed by atoms with Gasteiger partial charge in [0.15, 0.2) is 0 Å². The van der Waals surface area contributed by atoms with Gasteiger partial charge in [-0.05, 0) is 116 Å². The highest BCUT2D eigenvalue weighted by atomic mass is 19.4. The predicted octanol–water partition coefficient (Wildman–Crippen LogP) is 14.9. The number of aryl methyl sites for hydroxylation is 4. The number of nitriles is 2. The maximum absolute atomic E-state index is 14.8. The molecule has 0 unspecified atom stereocenters. The molecule has 0 fully saturated rings. The Kier molecular flexibility index (Phi) is 8.91. The molecule has 0 amide bonds. The molecule has 0 bridgehead atoms. The molecule has 8 aromatic carbocycles. The Bertz CT molecular complexity index is 3400. The molecule has 0 saturated heterocycles. The number of hydrogen-bond acceptors (Lipinski definition) is 2. The van der Waals surface area contributed by atoms with Crippen LogP contribution >= 0.6 is 0 Å². The van der Waals surface area contributed by atoms with Crippen LogP contribution in [-0.4, -0.2) is 9.13 Å². The Morgan fingerprint density at radius 3 is 1.39 bits per heavy atom. The molecule has 7 heteroatoms. The summed E-state index contributed by atoms with van der Waals surface area (Å²) in [6.45, 7) is 8.28. The number of hydrogen-bond donors (Lipinski definition) is 0. The molecule has 10 aromatic rings. The van der Waals surface area contributed by atoms with Crippen LogP contribution in [0.15, 0.2) is 152 Å². The molecule has 0 saturated carbocycles. The highest BCUT2D eigenvalue weighted by molar-refractivity contribution is 6.13. The predicted molar refractivity (Wildman–Crippen MR) is 245 cm³/mol. The zero-order chi connectivity index (χ0) is 43.0. The number of nitrogens with zero attached hydrogens (tertiary/aromatic N) is 4. The number of para-hydroxylation sites is 2. The van der Waals surface area contributed by atoms with Crippen LogP contribution in [-0.2, 0) is 6.18 Å². The van der Waals surface area contributed by atoms with Gasteiger partial charge in [-0.15, -0.1) is 0 Å². The van der Waals surface area contributed by atoms with Gasteiger partial charge in [0.2, 0.25) is 0 Å². The average Bonchev–Trinajstić information content (AvgIpc) is 3.77. The Morgan fingerprint density at radius 1 is 0.452 bits per heavy atom. The van der Waals surface area contributed by atoms with Crippen molar-refractivity contribution in [3.63, 3.8) is 0 Å². The first-order chi connectivity index (χ1) is 29.9. The summed E-state index contributed by atoms with van der Waals surface area (Å²) in [4.78, 5) is 0. The highest BCUT2D eigenvalue weighted by Gasteiger charge is 2.33. The fourth-order valence-corrected chi connectivity index (χ4v) is 9.40. The van der Waals surface area contributed by atoms with Crippen molar-refractivity contribution in [1.29, 1.82) is 10.5 Å². The van der Waals surface area contributed by atoms with E-state index in [-0.39, 0.29) is 11.1 Å². The molecule has 0 atom stereocenters. The van der Waals surface area contributed by atoms with E-state index in [1.54, 1.807) is 12.1 Å². The van der Waals surface area contributed by atoms with E-state index in [9.17, 15) is 23.7 Å². The van der Waals surface area contributed by atoms with Crippen molar-refractivity contribution in [2.45, 2.75) is 33.9 Å². The number of rotatable bonds is 5. The molecule has 62 heavy (non-hydrogen) atoms. The monoisotopic (exact) mass is 810 g/mol. The van der Waals surface area contributed by atoms with Gasteiger partial charge in [0.1, 0.15) is 0 Å². The van der Waals surface area contributed by atoms with Crippen molar-refractivity contribution < 1.29 is 13.2 Å². The quantitative estimate of drug-likeness (QED) is 0.174. The second-order valence-electron chi connectivity index (χ2n) is 16.2. The van der Waals surface area contributed by atoms with Crippen LogP contribution < -0.4 is 0 Å². The molecular formula is C55H37F3N4. The summed E-state index contributed by atoms with van der Waals surface area (Å²) in [5.74, 6) is 0. The topological polar surface area (TPSA) is 57.4 Å². The summed E-state index contributed by atoms with van der Waals surface area (Å²) in [7, 11) is 0. The molecule has 2 aromatic heterocycles. The maximum Gasteiger partial charge on any atom is 0.416 e. The molecule has 4 nitrogen and oxygen atoms in total. The third-order valence-corrected chi connectivity index (χ3v) is 12.2. The highest BCUT2D eigenvalue weighted by Crippen LogP contribution is 2.46. The maximum atomic E-state index is 14.8. The van der Waals surface area contributed by atoms with E-state index in [0.717, 1.165) is 100 Å². The van der Waals surface area contributed by atoms with Gasteiger partial charge in [0, 0.05) is 32.7 Å². The van der Waals surface area contributed by atoms with Gasteiger partial charge >= 0.3 is 6.18 Å². The minimum Gasteiger partial charge on any atom is -0.308 e. The first kappa shape index (κ1) is 38.3. The Morgan fingerprint density at radius 2 is 0.935 bits per heavy atom. The van der Waals surface area contributed by atoms with Gasteiger partial charge in [0.05, 0.1) is 62.3 Å². The zero-order valence-corrected chi connectivity index (χ0v) is 34.4. The van der Waals surface area contributed by atoms with Crippen LogP contribution in [0, 0.1) is 50.4 Å². The van der Waals surface area contributed by atoms with Crippen LogP contribution in [0.1, 0.15) is 38.9 Å². The average molecular weight is 811 g/mol. The third kappa shape index (κ3) is 6.13. The third-order valence-electron chi connectivity index (χ3n) is 12.2. The lowest BCUT2D eigenvalue weighted by Crippen LogP contribution is -2.08. The Balaban J connectivity index is 1.40. The van der Waals surface area contributed by atoms with Crippen molar-refractivity contribution in [3.05, 3.63) is 191 Å². The molecule has 0 aliphatic heterocycles. The van der Waals surface area contributed by atoms with Gasteiger partial charge in [0.25, 0.3) is 0 Å². The van der Waals surface area contributed by atoms with Crippen LogP contribution in [0.4, 0.5) is 13.2 Å². The van der Waals surface area contributed by atoms with Gasteiger partial charge in [-0.25, -0.2) is 0 Å². The van der Waals surface area contributed by atoms with E-state index in [0.29, 0.717) is 22.5 Å². The molecule has 0 N–H and O–H groups in total. The van der Waals surface area contributed by atoms with E-state index >= 15 is 0 Å². The SMILES string of the molecule is Cc1ccc(-c2ccc3c4ccccc4n(-c4cc(C#N)cc(-n5c6ccccc6c6ccc(-c7ccc(C)cc7C)cc65)c4-c4cc(C(F)(F)F)ccc4C#N)c3c2)c(C)c1. The molecule has 0 aliphatic carbocycles. The first-order valence-electron chi connectivity index (χ1n) is 20.4. The summed E-state index contributed by atoms with van der Waals surface area (Å²) >= 11 is 0. The van der Waals surface area contributed by atoms with Crippen LogP contribution in [0.3, 0.4) is 0 Å². The van der Waals surface area contributed by atoms with E-state index in [1.165, 1.54) is 6.07 Å². The van der Waals surface area contributed by atoms with E-state index in [4.69, 9.17) is 0 Å². The largest absolute Gasteiger partial charge is 0.416 e. The molecular weight excluding hydrogens is 774 g/mol. The van der Waals surface area contributed by atoms with E-state index in [1.807, 2.05) is 57.7 Å². The van der Waals surface area contributed by atoms with Crippen LogP contribution in [0.5, 0.6) is 0 Å². The molecule has 0 radical (unpaired) electrons. The Labute approximate surface area is 356 Å². The smallest absolute Gasteiger partial charge is 0.308 e. The fourth-order valence-electron chi connectivity index (χ4n) is 9.40. The van der Waals surface area contributed by atoms with Crippen molar-refractivity contribution in [2.24, 2.45) is 0 Å². The molecule has 298 valence electrons. The number of halogens is 3. The summed E-state index contributed by atoms with van der Waals surface area (Å²) in [5, 5.41) is 25.3. The van der Waals surface area contributed by atoms with Crippen molar-refractivity contribution >= 4 is 43.6 Å². The Hall–Kier alpha value is -7.87. The minimum absolute atomic E-state index is 0.0682. The lowest BCUT2D eigenvalue weighted by Gasteiger charge is -2.22. The van der Waals surface area contributed by atoms with Crippen molar-refractivity contribution in [3.8, 4) is 56.9 Å². The lowest BCUT2D eigenvalue weighted by atomic mass is 9.92. The van der Waals surface area contributed by atoms with Gasteiger partial charge in [-0.1, -0.05) is 108 Å². The minimum atomic E-state index is -4.70. The summed E-state index contributed by atoms with van der Waals surface area (Å²) in [6, 6.07) is 52.5. The zero-order valence-electron chi connectivity index (χ0n) is 34.4. The van der Waals surface area contributed by atoms with Gasteiger partial charge < -0.3 is 9.13 Å². The van der Waals surface area contributed by atoms with Crippen molar-refractivity contribution in [1.82, 2.24) is 9.13 Å². The second-order valence-corrected chi connectivity index (χ2v) is 16.2.